The smallest absolute Gasteiger partial charge is 0.289 e. The minimum absolute atomic E-state index is 0.827. The van der Waals surface area contributed by atoms with Gasteiger partial charge in [-0.15, -0.1) is 0 Å². The van der Waals surface area contributed by atoms with Crippen LogP contribution in [0.4, 0.5) is 4.39 Å². The molecule has 0 radical (unpaired) electrons. The Kier molecular flexibility index (Phi) is 2.05. The van der Waals surface area contributed by atoms with Crippen molar-refractivity contribution in [2.75, 3.05) is 0 Å². The van der Waals surface area contributed by atoms with Crippen molar-refractivity contribution in [3.8, 4) is 0 Å². The Hall–Kier alpha value is -1.00. The van der Waals surface area contributed by atoms with E-state index in [9.17, 15) is 19.3 Å². The summed E-state index contributed by atoms with van der Waals surface area (Å²) in [5, 5.41) is 9.35. The molecular weight excluding hydrogens is 117 g/mol. The molecule has 8 heavy (non-hydrogen) atoms. The predicted octanol–water partition coefficient (Wildman–Crippen LogP) is 0.148. The number of nitro groups is 1. The molecule has 0 amide bonds. The summed E-state index contributed by atoms with van der Waals surface area (Å²) in [4.78, 5) is 17.8. The highest BCUT2D eigenvalue weighted by atomic mass is 19.1. The first-order valence-corrected chi connectivity index (χ1v) is 1.83. The number of hydrogen-bond acceptors (Lipinski definition) is 3. The maximum atomic E-state index is 11.6. The van der Waals surface area contributed by atoms with Crippen LogP contribution in [0.15, 0.2) is 0 Å². The Morgan fingerprint density at radius 1 is 1.88 bits per heavy atom. The molecule has 0 aliphatic carbocycles. The van der Waals surface area contributed by atoms with Crippen LogP contribution in [-0.4, -0.2) is 17.0 Å². The van der Waals surface area contributed by atoms with Gasteiger partial charge >= 0.3 is 6.30 Å². The summed E-state index contributed by atoms with van der Waals surface area (Å²) in [6.07, 6.45) is -2.55. The van der Waals surface area contributed by atoms with Gasteiger partial charge in [-0.1, -0.05) is 0 Å². The van der Waals surface area contributed by atoms with Gasteiger partial charge in [0, 0.05) is 6.92 Å². The van der Waals surface area contributed by atoms with E-state index in [4.69, 9.17) is 0 Å². The van der Waals surface area contributed by atoms with Crippen molar-refractivity contribution in [3.63, 3.8) is 0 Å². The Morgan fingerprint density at radius 3 is 2.25 bits per heavy atom. The highest BCUT2D eigenvalue weighted by Crippen LogP contribution is 1.90. The molecule has 0 rings (SSSR count). The molecule has 0 heterocycles. The number of carbonyl (C=O) groups is 1. The maximum Gasteiger partial charge on any atom is 0.407 e. The van der Waals surface area contributed by atoms with Gasteiger partial charge in [0.05, 0.1) is 4.92 Å². The van der Waals surface area contributed by atoms with E-state index in [0.717, 1.165) is 6.92 Å². The van der Waals surface area contributed by atoms with E-state index in [-0.39, 0.29) is 0 Å². The van der Waals surface area contributed by atoms with Crippen LogP contribution in [0.3, 0.4) is 0 Å². The van der Waals surface area contributed by atoms with Crippen LogP contribution in [0.5, 0.6) is 0 Å². The molecule has 0 spiro atoms. The van der Waals surface area contributed by atoms with E-state index in [0.29, 0.717) is 0 Å². The zero-order valence-electron chi connectivity index (χ0n) is 4.13. The van der Waals surface area contributed by atoms with E-state index < -0.39 is 17.0 Å². The monoisotopic (exact) mass is 121 g/mol. The lowest BCUT2D eigenvalue weighted by Gasteiger charge is -1.90. The topological polar surface area (TPSA) is 60.2 Å². The second-order valence-electron chi connectivity index (χ2n) is 1.23. The quantitative estimate of drug-likeness (QED) is 0.296. The lowest BCUT2D eigenvalue weighted by molar-refractivity contribution is -0.536. The van der Waals surface area contributed by atoms with Crippen LogP contribution in [0.25, 0.3) is 0 Å². The fourth-order valence-corrected chi connectivity index (χ4v) is 0.148. The van der Waals surface area contributed by atoms with E-state index in [1.165, 1.54) is 0 Å². The second kappa shape index (κ2) is 2.34. The summed E-state index contributed by atoms with van der Waals surface area (Å²) in [6.45, 7) is 0.827. The number of alkyl halides is 1. The summed E-state index contributed by atoms with van der Waals surface area (Å²) in [6, 6.07) is 0. The molecule has 0 aromatic rings. The van der Waals surface area contributed by atoms with Crippen molar-refractivity contribution in [2.45, 2.75) is 13.2 Å². The molecule has 0 bridgehead atoms. The number of hydrogen-bond donors (Lipinski definition) is 0. The maximum absolute atomic E-state index is 11.6. The second-order valence-corrected chi connectivity index (χ2v) is 1.23. The third kappa shape index (κ3) is 1.63. The van der Waals surface area contributed by atoms with Gasteiger partial charge in [0.2, 0.25) is 5.78 Å². The lowest BCUT2D eigenvalue weighted by Crippen LogP contribution is -2.21. The first kappa shape index (κ1) is 7.00. The summed E-state index contributed by atoms with van der Waals surface area (Å²) in [5.74, 6) is -1.07. The zero-order valence-corrected chi connectivity index (χ0v) is 4.13. The molecule has 46 valence electrons. The zero-order chi connectivity index (χ0) is 6.73. The largest absolute Gasteiger partial charge is 0.407 e. The minimum atomic E-state index is -2.55. The third-order valence-corrected chi connectivity index (χ3v) is 0.521. The van der Waals surface area contributed by atoms with Crippen LogP contribution < -0.4 is 0 Å². The first-order chi connectivity index (χ1) is 3.55. The van der Waals surface area contributed by atoms with Gasteiger partial charge in [0.25, 0.3) is 0 Å². The van der Waals surface area contributed by atoms with E-state index >= 15 is 0 Å². The van der Waals surface area contributed by atoms with Crippen LogP contribution in [0.2, 0.25) is 0 Å². The average molecular weight is 121 g/mol. The SMILES string of the molecule is CC(=O)C(F)[N+](=O)[O-]. The van der Waals surface area contributed by atoms with Crippen molar-refractivity contribution in [2.24, 2.45) is 0 Å². The molecule has 1 unspecified atom stereocenters. The van der Waals surface area contributed by atoms with Crippen LogP contribution in [0, 0.1) is 10.1 Å². The van der Waals surface area contributed by atoms with Crippen LogP contribution >= 0.6 is 0 Å². The molecule has 0 aliphatic rings. The molecule has 0 aliphatic heterocycles. The summed E-state index contributed by atoms with van der Waals surface area (Å²) in [5.41, 5.74) is 0. The van der Waals surface area contributed by atoms with Gasteiger partial charge in [0.1, 0.15) is 0 Å². The first-order valence-electron chi connectivity index (χ1n) is 1.83. The van der Waals surface area contributed by atoms with Gasteiger partial charge in [-0.2, -0.15) is 4.39 Å². The van der Waals surface area contributed by atoms with E-state index in [2.05, 4.69) is 0 Å². The molecule has 0 N–H and O–H groups in total. The van der Waals surface area contributed by atoms with Gasteiger partial charge < -0.3 is 0 Å². The van der Waals surface area contributed by atoms with Crippen molar-refractivity contribution >= 4 is 5.78 Å². The lowest BCUT2D eigenvalue weighted by atomic mass is 10.4. The van der Waals surface area contributed by atoms with Crippen molar-refractivity contribution < 1.29 is 14.1 Å². The number of halogens is 1. The van der Waals surface area contributed by atoms with Crippen molar-refractivity contribution in [3.05, 3.63) is 10.1 Å². The summed E-state index contributed by atoms with van der Waals surface area (Å²) >= 11 is 0. The van der Waals surface area contributed by atoms with Gasteiger partial charge in [-0.3, -0.25) is 14.9 Å². The highest BCUT2D eigenvalue weighted by molar-refractivity contribution is 5.78. The molecule has 0 fully saturated rings. The van der Waals surface area contributed by atoms with Crippen molar-refractivity contribution in [1.29, 1.82) is 0 Å². The number of rotatable bonds is 2. The Balaban J connectivity index is 3.83. The molecular formula is C3H4FNO3. The fraction of sp³-hybridized carbons (Fsp3) is 0.667. The molecule has 0 saturated carbocycles. The van der Waals surface area contributed by atoms with Crippen molar-refractivity contribution in [1.82, 2.24) is 0 Å². The minimum Gasteiger partial charge on any atom is -0.289 e. The Morgan fingerprint density at radius 2 is 2.25 bits per heavy atom. The summed E-state index contributed by atoms with van der Waals surface area (Å²) < 4.78 is 11.6. The number of carbonyl (C=O) groups excluding carboxylic acids is 1. The van der Waals surface area contributed by atoms with Gasteiger partial charge in [-0.25, -0.2) is 0 Å². The van der Waals surface area contributed by atoms with Crippen LogP contribution in [0.1, 0.15) is 6.92 Å². The molecule has 1 atom stereocenters. The Bertz CT molecular complexity index is 110. The van der Waals surface area contributed by atoms with Gasteiger partial charge in [-0.05, 0) is 0 Å². The van der Waals surface area contributed by atoms with Gasteiger partial charge in [0.15, 0.2) is 0 Å². The molecule has 4 nitrogen and oxygen atoms in total. The van der Waals surface area contributed by atoms with Crippen LogP contribution in [-0.2, 0) is 4.79 Å². The normalized spacial score (nSPS) is 12.8. The standard InChI is InChI=1S/C3H4FNO3/c1-2(6)3(4)5(7)8/h3H,1H3. The predicted molar refractivity (Wildman–Crippen MR) is 22.6 cm³/mol. The third-order valence-electron chi connectivity index (χ3n) is 0.521. The number of nitrogens with zero attached hydrogens (tertiary/aromatic N) is 1. The highest BCUT2D eigenvalue weighted by Gasteiger charge is 2.22. The number of Topliss-reactive ketones (excluding diaryl/α,β-unsaturated/α-hetero) is 1. The van der Waals surface area contributed by atoms with E-state index in [1.54, 1.807) is 0 Å². The molecule has 0 aromatic carbocycles. The fourth-order valence-electron chi connectivity index (χ4n) is 0.148. The molecule has 0 aromatic heterocycles. The van der Waals surface area contributed by atoms with E-state index in [1.807, 2.05) is 0 Å². The summed E-state index contributed by atoms with van der Waals surface area (Å²) in [7, 11) is 0. The Labute approximate surface area is 44.4 Å². The molecule has 5 heteroatoms. The average Bonchev–Trinajstić information content (AvgIpc) is 1.64. The molecule has 0 saturated heterocycles. The number of ketones is 1.